The van der Waals surface area contributed by atoms with Crippen LogP contribution in [0.1, 0.15) is 39.5 Å². The summed E-state index contributed by atoms with van der Waals surface area (Å²) in [6.07, 6.45) is 2.28. The zero-order valence-corrected chi connectivity index (χ0v) is 18.8. The summed E-state index contributed by atoms with van der Waals surface area (Å²) in [5.41, 5.74) is 5.95. The number of carboxylic acids is 2. The number of carboxylic acid groups (broad SMARTS) is 2. The summed E-state index contributed by atoms with van der Waals surface area (Å²) >= 11 is 1.43. The van der Waals surface area contributed by atoms with E-state index in [1.54, 1.807) is 0 Å². The Labute approximate surface area is 185 Å². The Bertz CT molecular complexity index is 688. The largest absolute Gasteiger partial charge is 0.481 e. The van der Waals surface area contributed by atoms with Crippen LogP contribution in [0.5, 0.6) is 0 Å². The Kier molecular flexibility index (Phi) is 10.8. The number of aliphatic carboxylic acids is 2. The SMILES string of the molecule is CSCCC(NC(=O)C1CCCN1C(=O)C(N)C(C)C)C(=O)NC(CC(=O)O)C(=O)O. The monoisotopic (exact) mass is 460 g/mol. The molecular weight excluding hydrogens is 428 g/mol. The maximum atomic E-state index is 12.9. The lowest BCUT2D eigenvalue weighted by molar-refractivity contribution is -0.147. The van der Waals surface area contributed by atoms with Gasteiger partial charge in [0.1, 0.15) is 18.1 Å². The number of hydrogen-bond donors (Lipinski definition) is 5. The lowest BCUT2D eigenvalue weighted by Crippen LogP contribution is -2.57. The molecule has 1 aliphatic rings. The van der Waals surface area contributed by atoms with Crippen LogP contribution in [0.3, 0.4) is 0 Å². The van der Waals surface area contributed by atoms with Crippen LogP contribution < -0.4 is 16.4 Å². The van der Waals surface area contributed by atoms with E-state index < -0.39 is 54.3 Å². The second-order valence-electron chi connectivity index (χ2n) is 7.80. The maximum Gasteiger partial charge on any atom is 0.326 e. The number of nitrogens with one attached hydrogen (secondary N) is 2. The highest BCUT2D eigenvalue weighted by atomic mass is 32.2. The number of thioether (sulfide) groups is 1. The molecule has 0 aromatic rings. The Hall–Kier alpha value is -2.34. The first kappa shape index (κ1) is 26.7. The first-order valence-corrected chi connectivity index (χ1v) is 11.5. The number of nitrogens with zero attached hydrogens (tertiary/aromatic N) is 1. The average molecular weight is 461 g/mol. The van der Waals surface area contributed by atoms with Gasteiger partial charge in [-0.2, -0.15) is 11.8 Å². The van der Waals surface area contributed by atoms with Gasteiger partial charge in [0, 0.05) is 6.54 Å². The van der Waals surface area contributed by atoms with Gasteiger partial charge in [-0.3, -0.25) is 19.2 Å². The van der Waals surface area contributed by atoms with Crippen molar-refractivity contribution in [2.75, 3.05) is 18.6 Å². The van der Waals surface area contributed by atoms with Gasteiger partial charge in [-0.1, -0.05) is 13.8 Å². The summed E-state index contributed by atoms with van der Waals surface area (Å²) in [6.45, 7) is 4.01. The molecule has 3 amide bonds. The summed E-state index contributed by atoms with van der Waals surface area (Å²) in [5.74, 6) is -4.09. The van der Waals surface area contributed by atoms with Crippen molar-refractivity contribution in [1.29, 1.82) is 0 Å². The summed E-state index contributed by atoms with van der Waals surface area (Å²) < 4.78 is 0. The fourth-order valence-electron chi connectivity index (χ4n) is 3.20. The molecule has 12 heteroatoms. The minimum atomic E-state index is -1.62. The zero-order valence-electron chi connectivity index (χ0n) is 18.0. The molecular formula is C19H32N4O7S. The molecule has 4 atom stereocenters. The Morgan fingerprint density at radius 1 is 1.13 bits per heavy atom. The molecule has 0 aromatic carbocycles. The quantitative estimate of drug-likeness (QED) is 0.250. The lowest BCUT2D eigenvalue weighted by atomic mass is 10.0. The third-order valence-corrected chi connectivity index (χ3v) is 5.72. The highest BCUT2D eigenvalue weighted by Crippen LogP contribution is 2.20. The number of amides is 3. The fourth-order valence-corrected chi connectivity index (χ4v) is 3.67. The van der Waals surface area contributed by atoms with Crippen molar-refractivity contribution in [2.24, 2.45) is 11.7 Å². The molecule has 31 heavy (non-hydrogen) atoms. The van der Waals surface area contributed by atoms with Crippen molar-refractivity contribution < 1.29 is 34.2 Å². The average Bonchev–Trinajstić information content (AvgIpc) is 3.18. The van der Waals surface area contributed by atoms with E-state index in [9.17, 15) is 24.0 Å². The number of rotatable bonds is 12. The van der Waals surface area contributed by atoms with Crippen LogP contribution >= 0.6 is 11.8 Å². The number of carbonyl (C=O) groups excluding carboxylic acids is 3. The van der Waals surface area contributed by atoms with Crippen molar-refractivity contribution >= 4 is 41.4 Å². The van der Waals surface area contributed by atoms with Gasteiger partial charge in [0.2, 0.25) is 17.7 Å². The van der Waals surface area contributed by atoms with Gasteiger partial charge in [0.25, 0.3) is 0 Å². The van der Waals surface area contributed by atoms with Crippen LogP contribution in [0.15, 0.2) is 0 Å². The number of likely N-dealkylation sites (tertiary alicyclic amines) is 1. The minimum absolute atomic E-state index is 0.0981. The third kappa shape index (κ3) is 8.02. The summed E-state index contributed by atoms with van der Waals surface area (Å²) in [4.78, 5) is 61.7. The molecule has 1 rings (SSSR count). The van der Waals surface area contributed by atoms with Gasteiger partial charge in [0.05, 0.1) is 12.5 Å². The Morgan fingerprint density at radius 2 is 1.77 bits per heavy atom. The van der Waals surface area contributed by atoms with Crippen LogP contribution in [0.25, 0.3) is 0 Å². The molecule has 11 nitrogen and oxygen atoms in total. The van der Waals surface area contributed by atoms with Crippen LogP contribution in [0, 0.1) is 5.92 Å². The van der Waals surface area contributed by atoms with Gasteiger partial charge >= 0.3 is 11.9 Å². The topological polar surface area (TPSA) is 179 Å². The highest BCUT2D eigenvalue weighted by molar-refractivity contribution is 7.98. The molecule has 1 saturated heterocycles. The maximum absolute atomic E-state index is 12.9. The van der Waals surface area contributed by atoms with Crippen LogP contribution in [0.4, 0.5) is 0 Å². The van der Waals surface area contributed by atoms with Crippen molar-refractivity contribution in [3.05, 3.63) is 0 Å². The number of carbonyl (C=O) groups is 5. The van der Waals surface area contributed by atoms with Gasteiger partial charge in [-0.25, -0.2) is 4.79 Å². The summed E-state index contributed by atoms with van der Waals surface area (Å²) in [6, 6.07) is -4.19. The van der Waals surface area contributed by atoms with Crippen molar-refractivity contribution in [1.82, 2.24) is 15.5 Å². The number of hydrogen-bond acceptors (Lipinski definition) is 7. The lowest BCUT2D eigenvalue weighted by Gasteiger charge is -2.29. The molecule has 0 spiro atoms. The Balaban J connectivity index is 2.91. The number of nitrogens with two attached hydrogens (primary N) is 1. The molecule has 4 unspecified atom stereocenters. The molecule has 1 fully saturated rings. The van der Waals surface area contributed by atoms with Gasteiger partial charge in [-0.05, 0) is 37.2 Å². The molecule has 0 saturated carbocycles. The van der Waals surface area contributed by atoms with Gasteiger partial charge in [0.15, 0.2) is 0 Å². The van der Waals surface area contributed by atoms with Crippen LogP contribution in [-0.2, 0) is 24.0 Å². The van der Waals surface area contributed by atoms with E-state index in [0.29, 0.717) is 25.1 Å². The standard InChI is InChI=1S/C19H32N4O7S/c1-10(2)15(20)18(28)23-7-4-5-13(23)17(27)21-11(6-8-31-3)16(26)22-12(19(29)30)9-14(24)25/h10-13,15H,4-9,20H2,1-3H3,(H,21,27)(H,22,26)(H,24,25)(H,29,30). The zero-order chi connectivity index (χ0) is 23.7. The van der Waals surface area contributed by atoms with Crippen LogP contribution in [-0.4, -0.2) is 87.5 Å². The Morgan fingerprint density at radius 3 is 2.29 bits per heavy atom. The second kappa shape index (κ2) is 12.5. The van der Waals surface area contributed by atoms with E-state index in [1.807, 2.05) is 20.1 Å². The molecule has 6 N–H and O–H groups in total. The van der Waals surface area contributed by atoms with Gasteiger partial charge in [-0.15, -0.1) is 0 Å². The van der Waals surface area contributed by atoms with E-state index >= 15 is 0 Å². The molecule has 176 valence electrons. The molecule has 0 bridgehead atoms. The van der Waals surface area contributed by atoms with E-state index in [1.165, 1.54) is 16.7 Å². The molecule has 1 heterocycles. The predicted octanol–water partition coefficient (Wildman–Crippen LogP) is -0.757. The van der Waals surface area contributed by atoms with Gasteiger partial charge < -0.3 is 31.5 Å². The molecule has 0 aliphatic carbocycles. The van der Waals surface area contributed by atoms with Crippen molar-refractivity contribution in [3.8, 4) is 0 Å². The predicted molar refractivity (Wildman–Crippen MR) is 114 cm³/mol. The van der Waals surface area contributed by atoms with E-state index in [0.717, 1.165) is 0 Å². The smallest absolute Gasteiger partial charge is 0.326 e. The first-order valence-electron chi connectivity index (χ1n) is 10.1. The van der Waals surface area contributed by atoms with E-state index in [-0.39, 0.29) is 18.2 Å². The third-order valence-electron chi connectivity index (χ3n) is 5.08. The normalized spacial score (nSPS) is 18.9. The molecule has 1 aliphatic heterocycles. The summed E-state index contributed by atoms with van der Waals surface area (Å²) in [5, 5.41) is 22.8. The molecule has 0 aromatic heterocycles. The minimum Gasteiger partial charge on any atom is -0.481 e. The summed E-state index contributed by atoms with van der Waals surface area (Å²) in [7, 11) is 0. The molecule has 0 radical (unpaired) electrons. The van der Waals surface area contributed by atoms with Crippen molar-refractivity contribution in [3.63, 3.8) is 0 Å². The van der Waals surface area contributed by atoms with Crippen molar-refractivity contribution in [2.45, 2.75) is 63.7 Å². The van der Waals surface area contributed by atoms with E-state index in [4.69, 9.17) is 15.9 Å². The second-order valence-corrected chi connectivity index (χ2v) is 8.78. The van der Waals surface area contributed by atoms with E-state index in [2.05, 4.69) is 10.6 Å². The van der Waals surface area contributed by atoms with Crippen LogP contribution in [0.2, 0.25) is 0 Å². The highest BCUT2D eigenvalue weighted by Gasteiger charge is 2.38. The fraction of sp³-hybridized carbons (Fsp3) is 0.737. The first-order chi connectivity index (χ1) is 14.5.